The van der Waals surface area contributed by atoms with Gasteiger partial charge in [0.2, 0.25) is 11.8 Å². The molecule has 1 aliphatic heterocycles. The first-order valence-electron chi connectivity index (χ1n) is 12.0. The van der Waals surface area contributed by atoms with Crippen LogP contribution in [0.25, 0.3) is 0 Å². The van der Waals surface area contributed by atoms with Crippen molar-refractivity contribution in [2.24, 2.45) is 11.3 Å². The number of urea groups is 1. The van der Waals surface area contributed by atoms with Crippen LogP contribution in [-0.2, 0) is 32.3 Å². The highest BCUT2D eigenvalue weighted by Crippen LogP contribution is 2.42. The van der Waals surface area contributed by atoms with Crippen LogP contribution in [0.5, 0.6) is 0 Å². The van der Waals surface area contributed by atoms with Gasteiger partial charge in [0, 0.05) is 0 Å². The molecule has 2 aromatic carbocycles. The Balaban J connectivity index is 1.84. The maximum Gasteiger partial charge on any atom is 0.337 e. The van der Waals surface area contributed by atoms with Crippen molar-refractivity contribution in [1.82, 2.24) is 9.80 Å². The molecule has 7 heteroatoms. The lowest BCUT2D eigenvalue weighted by Crippen LogP contribution is -2.67. The monoisotopic (exact) mass is 478 g/mol. The van der Waals surface area contributed by atoms with Crippen molar-refractivity contribution in [3.63, 3.8) is 0 Å². The fourth-order valence-electron chi connectivity index (χ4n) is 4.48. The summed E-state index contributed by atoms with van der Waals surface area (Å²) in [4.78, 5) is 42.9. The zero-order chi connectivity index (χ0) is 25.3. The summed E-state index contributed by atoms with van der Waals surface area (Å²) in [6, 6.07) is 18.2. The molecule has 0 aliphatic carbocycles. The number of amides is 4. The van der Waals surface area contributed by atoms with E-state index in [2.05, 4.69) is 6.58 Å². The van der Waals surface area contributed by atoms with Gasteiger partial charge in [-0.1, -0.05) is 87.0 Å². The van der Waals surface area contributed by atoms with Gasteiger partial charge in [-0.05, 0) is 29.9 Å². The van der Waals surface area contributed by atoms with Crippen LogP contribution in [-0.4, -0.2) is 41.1 Å². The van der Waals surface area contributed by atoms with Gasteiger partial charge < -0.3 is 9.47 Å². The average molecular weight is 479 g/mol. The van der Waals surface area contributed by atoms with Crippen molar-refractivity contribution in [3.8, 4) is 0 Å². The number of carbonyl (C=O) groups excluding carboxylic acids is 3. The summed E-state index contributed by atoms with van der Waals surface area (Å²) in [5.41, 5.74) is 0.401. The Bertz CT molecular complexity index is 941. The smallest absolute Gasteiger partial charge is 0.337 e. The van der Waals surface area contributed by atoms with Gasteiger partial charge in [-0.3, -0.25) is 9.59 Å². The third-order valence-electron chi connectivity index (χ3n) is 6.41. The van der Waals surface area contributed by atoms with Crippen LogP contribution in [0, 0.1) is 11.3 Å². The van der Waals surface area contributed by atoms with Crippen LogP contribution < -0.4 is 0 Å². The molecule has 7 nitrogen and oxygen atoms in total. The van der Waals surface area contributed by atoms with E-state index < -0.39 is 23.3 Å². The van der Waals surface area contributed by atoms with E-state index in [0.29, 0.717) is 6.42 Å². The molecule has 4 amide bonds. The van der Waals surface area contributed by atoms with Crippen molar-refractivity contribution in [3.05, 3.63) is 84.4 Å². The summed E-state index contributed by atoms with van der Waals surface area (Å²) in [5, 5.41) is 0. The number of barbiturate groups is 1. The number of carbonyl (C=O) groups is 3. The van der Waals surface area contributed by atoms with Crippen LogP contribution in [0.4, 0.5) is 4.79 Å². The largest absolute Gasteiger partial charge is 0.356 e. The number of imide groups is 2. The highest BCUT2D eigenvalue weighted by molar-refractivity contribution is 6.19. The third kappa shape index (κ3) is 5.86. The molecule has 35 heavy (non-hydrogen) atoms. The van der Waals surface area contributed by atoms with Crippen LogP contribution in [0.2, 0.25) is 0 Å². The van der Waals surface area contributed by atoms with Gasteiger partial charge in [-0.2, -0.15) is 0 Å². The van der Waals surface area contributed by atoms with E-state index in [1.165, 1.54) is 0 Å². The van der Waals surface area contributed by atoms with Crippen molar-refractivity contribution >= 4 is 17.8 Å². The van der Waals surface area contributed by atoms with Crippen LogP contribution in [0.3, 0.4) is 0 Å². The summed E-state index contributed by atoms with van der Waals surface area (Å²) >= 11 is 0. The lowest BCUT2D eigenvalue weighted by atomic mass is 9.68. The Labute approximate surface area is 207 Å². The molecule has 0 bridgehead atoms. The Hall–Kier alpha value is -3.29. The lowest BCUT2D eigenvalue weighted by Gasteiger charge is -2.46. The summed E-state index contributed by atoms with van der Waals surface area (Å²) in [5.74, 6) is -1.38. The number of benzene rings is 2. The van der Waals surface area contributed by atoms with Gasteiger partial charge in [0.05, 0.1) is 13.2 Å². The Morgan fingerprint density at radius 3 is 1.71 bits per heavy atom. The second-order valence-electron chi connectivity index (χ2n) is 8.83. The molecule has 1 fully saturated rings. The number of ether oxygens (including phenoxy) is 2. The fraction of sp³-hybridized carbons (Fsp3) is 0.393. The number of nitrogens with zero attached hydrogens (tertiary/aromatic N) is 2. The number of rotatable bonds is 13. The van der Waals surface area contributed by atoms with Crippen LogP contribution in [0.1, 0.15) is 44.2 Å². The molecule has 2 aromatic rings. The van der Waals surface area contributed by atoms with Crippen molar-refractivity contribution in [2.75, 3.05) is 13.5 Å². The first kappa shape index (κ1) is 26.3. The van der Waals surface area contributed by atoms with Gasteiger partial charge >= 0.3 is 6.03 Å². The molecule has 1 heterocycles. The maximum atomic E-state index is 13.7. The van der Waals surface area contributed by atoms with Crippen LogP contribution >= 0.6 is 0 Å². The normalized spacial score (nSPS) is 16.5. The second kappa shape index (κ2) is 12.4. The van der Waals surface area contributed by atoms with E-state index in [1.54, 1.807) is 6.08 Å². The highest BCUT2D eigenvalue weighted by atomic mass is 16.5. The zero-order valence-electron chi connectivity index (χ0n) is 20.5. The van der Waals surface area contributed by atoms with Gasteiger partial charge in [0.1, 0.15) is 18.9 Å². The minimum absolute atomic E-state index is 0.128. The van der Waals surface area contributed by atoms with Gasteiger partial charge in [0.15, 0.2) is 0 Å². The van der Waals surface area contributed by atoms with E-state index in [-0.39, 0.29) is 39.0 Å². The predicted octanol–water partition coefficient (Wildman–Crippen LogP) is 5.12. The first-order valence-corrected chi connectivity index (χ1v) is 12.0. The lowest BCUT2D eigenvalue weighted by molar-refractivity contribution is -0.170. The molecule has 0 spiro atoms. The minimum atomic E-state index is -1.43. The van der Waals surface area contributed by atoms with Gasteiger partial charge in [0.25, 0.3) is 0 Å². The Morgan fingerprint density at radius 1 is 0.857 bits per heavy atom. The molecular formula is C28H34N2O5. The van der Waals surface area contributed by atoms with Gasteiger partial charge in [-0.15, -0.1) is 6.58 Å². The Kier molecular flexibility index (Phi) is 9.34. The minimum Gasteiger partial charge on any atom is -0.356 e. The summed E-state index contributed by atoms with van der Waals surface area (Å²) < 4.78 is 11.5. The van der Waals surface area contributed by atoms with E-state index >= 15 is 0 Å². The zero-order valence-corrected chi connectivity index (χ0v) is 20.5. The van der Waals surface area contributed by atoms with E-state index in [1.807, 2.05) is 74.5 Å². The quantitative estimate of drug-likeness (QED) is 0.295. The molecule has 1 atom stereocenters. The first-order chi connectivity index (χ1) is 17.0. The summed E-state index contributed by atoms with van der Waals surface area (Å²) in [6.07, 6.45) is 3.15. The molecule has 1 saturated heterocycles. The van der Waals surface area contributed by atoms with E-state index in [4.69, 9.17) is 9.47 Å². The number of allylic oxidation sites excluding steroid dienone is 1. The molecule has 1 aliphatic rings. The molecule has 0 radical (unpaired) electrons. The van der Waals surface area contributed by atoms with Gasteiger partial charge in [-0.25, -0.2) is 14.6 Å². The van der Waals surface area contributed by atoms with Crippen molar-refractivity contribution < 1.29 is 23.9 Å². The molecule has 0 N–H and O–H groups in total. The van der Waals surface area contributed by atoms with Crippen molar-refractivity contribution in [1.29, 1.82) is 0 Å². The molecule has 3 rings (SSSR count). The second-order valence-corrected chi connectivity index (χ2v) is 8.83. The summed E-state index contributed by atoms with van der Waals surface area (Å²) in [6.45, 7) is 7.63. The predicted molar refractivity (Wildman–Crippen MR) is 133 cm³/mol. The SMILES string of the molecule is C=CCC1(C(C)CCC)C(=O)N(COCc2ccccc2)C(=O)N(COCc2ccccc2)C1=O. The molecule has 0 aromatic heterocycles. The molecule has 186 valence electrons. The molecular weight excluding hydrogens is 444 g/mol. The number of hydrogen-bond acceptors (Lipinski definition) is 5. The van der Waals surface area contributed by atoms with Crippen LogP contribution in [0.15, 0.2) is 73.3 Å². The topological polar surface area (TPSA) is 76.2 Å². The van der Waals surface area contributed by atoms with Crippen molar-refractivity contribution in [2.45, 2.75) is 46.3 Å². The standard InChI is InChI=1S/C28H34N2O5/c1-4-12-22(3)28(17-5-2)25(31)29(20-34-18-23-13-8-6-9-14-23)27(33)30(26(28)32)21-35-19-24-15-10-7-11-16-24/h5-11,13-16,22H,2,4,12,17-21H2,1,3H3. The van der Waals surface area contributed by atoms with E-state index in [0.717, 1.165) is 27.3 Å². The Morgan fingerprint density at radius 2 is 1.31 bits per heavy atom. The average Bonchev–Trinajstić information content (AvgIpc) is 2.87. The molecule has 1 unspecified atom stereocenters. The molecule has 0 saturated carbocycles. The number of hydrogen-bond donors (Lipinski definition) is 0. The summed E-state index contributed by atoms with van der Waals surface area (Å²) in [7, 11) is 0. The highest BCUT2D eigenvalue weighted by Gasteiger charge is 2.59. The van der Waals surface area contributed by atoms with E-state index in [9.17, 15) is 14.4 Å². The third-order valence-corrected chi connectivity index (χ3v) is 6.41. The maximum absolute atomic E-state index is 13.7. The fourth-order valence-corrected chi connectivity index (χ4v) is 4.48.